The van der Waals surface area contributed by atoms with Crippen LogP contribution >= 0.6 is 0 Å². The first-order valence-electron chi connectivity index (χ1n) is 10.3. The zero-order valence-electron chi connectivity index (χ0n) is 20.5. The lowest BCUT2D eigenvalue weighted by molar-refractivity contribution is -0.321. The number of aliphatic hydroxyl groups excluding tert-OH is 1. The number of carbonyl (C=O) groups excluding carboxylic acids is 2. The van der Waals surface area contributed by atoms with Crippen LogP contribution in [0.25, 0.3) is 0 Å². The van der Waals surface area contributed by atoms with Crippen LogP contribution in [0, 0.1) is 0 Å². The predicted molar refractivity (Wildman–Crippen MR) is 121 cm³/mol. The highest BCUT2D eigenvalue weighted by molar-refractivity contribution is 5.96. The normalized spacial score (nSPS) is 17.3. The minimum Gasteiger partial charge on any atom is -0.392 e. The zero-order chi connectivity index (χ0) is 25.4. The minimum absolute atomic E-state index is 0.0376. The lowest BCUT2D eigenvalue weighted by Gasteiger charge is -2.38. The average molecular weight is 460 g/mol. The molecule has 3 atom stereocenters. The quantitative estimate of drug-likeness (QED) is 0.164. The van der Waals surface area contributed by atoms with Gasteiger partial charge in [0.1, 0.15) is 11.3 Å². The van der Waals surface area contributed by atoms with Gasteiger partial charge in [0.05, 0.1) is 25.4 Å². The van der Waals surface area contributed by atoms with Gasteiger partial charge in [-0.3, -0.25) is 20.2 Å². The summed E-state index contributed by atoms with van der Waals surface area (Å²) in [6.45, 7) is 16.4. The van der Waals surface area contributed by atoms with Gasteiger partial charge in [-0.25, -0.2) is 0 Å². The van der Waals surface area contributed by atoms with Crippen LogP contribution in [0.2, 0.25) is 0 Å². The van der Waals surface area contributed by atoms with Gasteiger partial charge in [-0.1, -0.05) is 13.2 Å². The molecule has 0 radical (unpaired) electrons. The monoisotopic (exact) mass is 459 g/mol. The molecule has 0 aliphatic heterocycles. The zero-order valence-corrected chi connectivity index (χ0v) is 20.5. The van der Waals surface area contributed by atoms with E-state index in [1.54, 1.807) is 41.7 Å². The van der Waals surface area contributed by atoms with E-state index in [0.717, 1.165) is 6.08 Å². The Balaban J connectivity index is 4.89. The van der Waals surface area contributed by atoms with E-state index in [9.17, 15) is 14.7 Å². The van der Waals surface area contributed by atoms with E-state index in [-0.39, 0.29) is 25.4 Å². The topological polar surface area (TPSA) is 147 Å². The molecule has 32 heavy (non-hydrogen) atoms. The molecule has 0 bridgehead atoms. The van der Waals surface area contributed by atoms with Crippen LogP contribution in [0.4, 0.5) is 0 Å². The molecule has 186 valence electrons. The molecule has 3 unspecified atom stereocenters. The molecule has 0 amide bonds. The van der Waals surface area contributed by atoms with E-state index in [0.29, 0.717) is 0 Å². The number of ether oxygens (including phenoxy) is 3. The summed E-state index contributed by atoms with van der Waals surface area (Å²) in [5, 5.41) is 11.1. The summed E-state index contributed by atoms with van der Waals surface area (Å²) in [6.07, 6.45) is 1.66. The van der Waals surface area contributed by atoms with Gasteiger partial charge >= 0.3 is 0 Å². The fourth-order valence-corrected chi connectivity index (χ4v) is 2.49. The lowest BCUT2D eigenvalue weighted by atomic mass is 10.0. The molecule has 0 aliphatic rings. The Bertz CT molecular complexity index is 660. The van der Waals surface area contributed by atoms with Gasteiger partial charge in [0, 0.05) is 13.5 Å². The largest absolute Gasteiger partial charge is 0.392 e. The van der Waals surface area contributed by atoms with Crippen molar-refractivity contribution in [1.82, 2.24) is 5.06 Å². The first-order chi connectivity index (χ1) is 14.4. The highest BCUT2D eigenvalue weighted by Crippen LogP contribution is 2.21. The Morgan fingerprint density at radius 3 is 2.03 bits per heavy atom. The first kappa shape index (κ1) is 30.5. The number of nitrogens with zero attached hydrogens (tertiary/aromatic N) is 1. The molecule has 0 fully saturated rings. The van der Waals surface area contributed by atoms with Crippen molar-refractivity contribution in [3.63, 3.8) is 0 Å². The van der Waals surface area contributed by atoms with E-state index in [1.165, 1.54) is 18.1 Å². The van der Waals surface area contributed by atoms with Crippen molar-refractivity contribution in [3.8, 4) is 0 Å². The molecule has 10 heteroatoms. The number of aliphatic hydroxyl groups is 1. The third kappa shape index (κ3) is 10.4. The van der Waals surface area contributed by atoms with Crippen molar-refractivity contribution in [1.29, 1.82) is 0 Å². The molecule has 5 N–H and O–H groups in total. The number of hydrogen-bond acceptors (Lipinski definition) is 10. The summed E-state index contributed by atoms with van der Waals surface area (Å²) < 4.78 is 17.0. The molecule has 0 rings (SSSR count). The van der Waals surface area contributed by atoms with Gasteiger partial charge in [0.25, 0.3) is 0 Å². The van der Waals surface area contributed by atoms with E-state index in [2.05, 4.69) is 13.2 Å². The Kier molecular flexibility index (Phi) is 11.5. The summed E-state index contributed by atoms with van der Waals surface area (Å²) in [5.41, 5.74) is 7.38. The average Bonchev–Trinajstić information content (AvgIpc) is 2.68. The Morgan fingerprint density at radius 2 is 1.56 bits per heavy atom. The predicted octanol–water partition coefficient (Wildman–Crippen LogP) is 1.03. The highest BCUT2D eigenvalue weighted by Gasteiger charge is 2.35. The minimum atomic E-state index is -1.55. The Labute approximate surface area is 191 Å². The number of nitrogens with two attached hydrogens (primary N) is 2. The van der Waals surface area contributed by atoms with Crippen molar-refractivity contribution in [3.05, 3.63) is 25.3 Å². The Hall–Kier alpha value is -1.50. The van der Waals surface area contributed by atoms with Crippen LogP contribution in [-0.4, -0.2) is 77.5 Å². The number of carbonyl (C=O) groups is 2. The van der Waals surface area contributed by atoms with Crippen molar-refractivity contribution >= 4 is 11.6 Å². The number of hydroxylamine groups is 2. The van der Waals surface area contributed by atoms with Gasteiger partial charge < -0.3 is 25.1 Å². The second-order valence-corrected chi connectivity index (χ2v) is 9.11. The second kappa shape index (κ2) is 12.1. The highest BCUT2D eigenvalue weighted by atomic mass is 16.7. The van der Waals surface area contributed by atoms with E-state index in [4.69, 9.17) is 30.5 Å². The summed E-state index contributed by atoms with van der Waals surface area (Å²) in [7, 11) is 1.56. The molecule has 0 spiro atoms. The van der Waals surface area contributed by atoms with Crippen LogP contribution in [0.1, 0.15) is 48.0 Å². The molecule has 0 heterocycles. The Morgan fingerprint density at radius 1 is 1.03 bits per heavy atom. The maximum atomic E-state index is 11.8. The third-order valence-electron chi connectivity index (χ3n) is 4.60. The van der Waals surface area contributed by atoms with Crippen LogP contribution in [0.15, 0.2) is 25.3 Å². The summed E-state index contributed by atoms with van der Waals surface area (Å²) in [4.78, 5) is 29.3. The van der Waals surface area contributed by atoms with E-state index < -0.39 is 41.3 Å². The first-order valence-corrected chi connectivity index (χ1v) is 10.3. The fourth-order valence-electron chi connectivity index (χ4n) is 2.49. The molecule has 0 saturated heterocycles. The molecule has 0 saturated carbocycles. The summed E-state index contributed by atoms with van der Waals surface area (Å²) in [6, 6.07) is 0. The van der Waals surface area contributed by atoms with Crippen LogP contribution in [-0.2, 0) is 28.6 Å². The van der Waals surface area contributed by atoms with Crippen molar-refractivity contribution < 1.29 is 33.7 Å². The van der Waals surface area contributed by atoms with Crippen LogP contribution < -0.4 is 11.5 Å². The van der Waals surface area contributed by atoms with Gasteiger partial charge in [-0.05, 0) is 53.7 Å². The van der Waals surface area contributed by atoms with E-state index in [1.807, 2.05) is 0 Å². The number of ketones is 2. The van der Waals surface area contributed by atoms with E-state index >= 15 is 0 Å². The second-order valence-electron chi connectivity index (χ2n) is 9.11. The van der Waals surface area contributed by atoms with Crippen molar-refractivity contribution in [2.24, 2.45) is 11.5 Å². The molecule has 10 nitrogen and oxygen atoms in total. The van der Waals surface area contributed by atoms with Gasteiger partial charge in [0.2, 0.25) is 5.78 Å². The van der Waals surface area contributed by atoms with Gasteiger partial charge in [0.15, 0.2) is 17.7 Å². The fraction of sp³-hybridized carbons (Fsp3) is 0.727. The third-order valence-corrected chi connectivity index (χ3v) is 4.60. The maximum Gasteiger partial charge on any atom is 0.201 e. The van der Waals surface area contributed by atoms with Crippen LogP contribution in [0.3, 0.4) is 0 Å². The van der Waals surface area contributed by atoms with Crippen LogP contribution in [0.5, 0.6) is 0 Å². The molecule has 0 aromatic heterocycles. The number of rotatable bonds is 17. The molecular formula is C22H41N3O7. The standard InChI is InChI=1S/C22H41N3O7/c1-10-16(27)20(5,6)29-13-12-21(7,23)32-25(9)18(14-26)31-19(3,4)15-30-22(8,24)17(28)11-2/h10-11,18,26H,1-2,12-15,23-24H2,3-9H3. The summed E-state index contributed by atoms with van der Waals surface area (Å²) >= 11 is 0. The molecule has 0 aliphatic carbocycles. The van der Waals surface area contributed by atoms with Crippen molar-refractivity contribution in [2.45, 2.75) is 76.8 Å². The van der Waals surface area contributed by atoms with Crippen molar-refractivity contribution in [2.75, 3.05) is 26.9 Å². The smallest absolute Gasteiger partial charge is 0.201 e. The lowest BCUT2D eigenvalue weighted by Crippen LogP contribution is -2.53. The summed E-state index contributed by atoms with van der Waals surface area (Å²) in [5.74, 6) is -0.706. The molecular weight excluding hydrogens is 418 g/mol. The SMILES string of the molecule is C=CC(=O)C(C)(C)OCCC(C)(N)ON(C)C(CO)OC(C)(C)COC(C)(N)C(=O)C=C. The van der Waals surface area contributed by atoms with Gasteiger partial charge in [-0.15, -0.1) is 0 Å². The molecule has 0 aromatic carbocycles. The number of hydrogen-bond donors (Lipinski definition) is 3. The van der Waals surface area contributed by atoms with Gasteiger partial charge in [-0.2, -0.15) is 5.06 Å². The number of likely N-dealkylation sites (N-methyl/N-ethyl adjacent to an activating group) is 1. The maximum absolute atomic E-state index is 11.8. The molecule has 0 aromatic rings.